The minimum absolute atomic E-state index is 0.0150. The van der Waals surface area contributed by atoms with Gasteiger partial charge in [-0.3, -0.25) is 0 Å². The van der Waals surface area contributed by atoms with Crippen molar-refractivity contribution in [2.75, 3.05) is 0 Å². The van der Waals surface area contributed by atoms with Crippen LogP contribution < -0.4 is 5.46 Å². The molecule has 0 aromatic heterocycles. The summed E-state index contributed by atoms with van der Waals surface area (Å²) >= 11 is 11.9. The number of benzene rings is 2. The Kier molecular flexibility index (Phi) is 5.15. The lowest BCUT2D eigenvalue weighted by Crippen LogP contribution is -2.41. The molecule has 3 nitrogen and oxygen atoms in total. The van der Waals surface area contributed by atoms with Crippen molar-refractivity contribution in [1.82, 2.24) is 0 Å². The van der Waals surface area contributed by atoms with E-state index in [0.717, 1.165) is 11.0 Å². The van der Waals surface area contributed by atoms with Crippen molar-refractivity contribution in [3.05, 3.63) is 57.6 Å². The Morgan fingerprint density at radius 3 is 2.08 bits per heavy atom. The number of aromatic hydroxyl groups is 1. The molecule has 2 aromatic carbocycles. The fourth-order valence-corrected chi connectivity index (χ4v) is 3.15. The van der Waals surface area contributed by atoms with Crippen LogP contribution >= 0.6 is 23.2 Å². The second-order valence-electron chi connectivity index (χ2n) is 7.41. The molecule has 0 aliphatic carbocycles. The quantitative estimate of drug-likeness (QED) is 0.580. The molecule has 1 saturated heterocycles. The molecule has 2 aromatic rings. The van der Waals surface area contributed by atoms with Crippen molar-refractivity contribution in [3.8, 4) is 5.75 Å². The van der Waals surface area contributed by atoms with Gasteiger partial charge in [0.2, 0.25) is 0 Å². The molecule has 136 valence electrons. The summed E-state index contributed by atoms with van der Waals surface area (Å²) in [6.45, 7) is 8.14. The molecule has 0 atom stereocenters. The first-order valence-electron chi connectivity index (χ1n) is 8.41. The standard InChI is InChI=1S/C20H21BCl2O3/c1-19(2)20(3,4)26-21(25-19)15-9-6-13(7-10-15)5-8-14-11-16(22)12-17(23)18(14)24/h5-12,24H,1-4H3. The summed E-state index contributed by atoms with van der Waals surface area (Å²) in [6.07, 6.45) is 3.66. The maximum atomic E-state index is 10.0. The maximum absolute atomic E-state index is 10.0. The molecule has 1 N–H and O–H groups in total. The highest BCUT2D eigenvalue weighted by Crippen LogP contribution is 2.36. The molecule has 0 spiro atoms. The first kappa shape index (κ1) is 19.3. The summed E-state index contributed by atoms with van der Waals surface area (Å²) in [4.78, 5) is 0. The lowest BCUT2D eigenvalue weighted by atomic mass is 9.79. The van der Waals surface area contributed by atoms with Gasteiger partial charge in [0.25, 0.3) is 0 Å². The van der Waals surface area contributed by atoms with Crippen LogP contribution in [0.5, 0.6) is 5.75 Å². The third-order valence-corrected chi connectivity index (χ3v) is 5.48. The number of phenolic OH excluding ortho intramolecular Hbond substituents is 1. The van der Waals surface area contributed by atoms with Crippen molar-refractivity contribution >= 4 is 47.9 Å². The van der Waals surface area contributed by atoms with E-state index in [1.54, 1.807) is 12.1 Å². The van der Waals surface area contributed by atoms with E-state index in [0.29, 0.717) is 10.6 Å². The molecule has 26 heavy (non-hydrogen) atoms. The second kappa shape index (κ2) is 6.93. The van der Waals surface area contributed by atoms with Crippen LogP contribution in [0.3, 0.4) is 0 Å². The van der Waals surface area contributed by atoms with Gasteiger partial charge < -0.3 is 14.4 Å². The normalized spacial score (nSPS) is 18.6. The van der Waals surface area contributed by atoms with E-state index >= 15 is 0 Å². The van der Waals surface area contributed by atoms with Crippen molar-refractivity contribution in [1.29, 1.82) is 0 Å². The first-order valence-corrected chi connectivity index (χ1v) is 9.16. The number of rotatable bonds is 3. The largest absolute Gasteiger partial charge is 0.506 e. The van der Waals surface area contributed by atoms with Gasteiger partial charge in [0.1, 0.15) is 5.75 Å². The van der Waals surface area contributed by atoms with Crippen molar-refractivity contribution in [2.45, 2.75) is 38.9 Å². The predicted molar refractivity (Wildman–Crippen MR) is 109 cm³/mol. The van der Waals surface area contributed by atoms with Crippen molar-refractivity contribution in [2.24, 2.45) is 0 Å². The molecule has 0 saturated carbocycles. The van der Waals surface area contributed by atoms with Crippen LogP contribution in [0.15, 0.2) is 36.4 Å². The van der Waals surface area contributed by atoms with Gasteiger partial charge in [-0.15, -0.1) is 0 Å². The average Bonchev–Trinajstić information content (AvgIpc) is 2.78. The van der Waals surface area contributed by atoms with Crippen LogP contribution in [0.1, 0.15) is 38.8 Å². The van der Waals surface area contributed by atoms with Gasteiger partial charge in [-0.1, -0.05) is 59.6 Å². The SMILES string of the molecule is CC1(C)OB(c2ccc(C=Cc3cc(Cl)cc(Cl)c3O)cc2)OC1(C)C. The zero-order chi connectivity index (χ0) is 19.1. The molecule has 3 rings (SSSR count). The van der Waals surface area contributed by atoms with Gasteiger partial charge in [-0.25, -0.2) is 0 Å². The van der Waals surface area contributed by atoms with Gasteiger partial charge in [0.15, 0.2) is 0 Å². The van der Waals surface area contributed by atoms with Gasteiger partial charge in [0.05, 0.1) is 16.2 Å². The van der Waals surface area contributed by atoms with Gasteiger partial charge in [0, 0.05) is 10.6 Å². The molecule has 1 aliphatic heterocycles. The second-order valence-corrected chi connectivity index (χ2v) is 8.26. The molecule has 1 heterocycles. The zero-order valence-electron chi connectivity index (χ0n) is 15.2. The Hall–Kier alpha value is -1.46. The molecule has 0 bridgehead atoms. The van der Waals surface area contributed by atoms with Crippen LogP contribution in [0, 0.1) is 0 Å². The average molecular weight is 391 g/mol. The summed E-state index contributed by atoms with van der Waals surface area (Å²) in [5.74, 6) is 0.0150. The summed E-state index contributed by atoms with van der Waals surface area (Å²) < 4.78 is 12.1. The molecule has 6 heteroatoms. The Morgan fingerprint density at radius 2 is 1.50 bits per heavy atom. The van der Waals surface area contributed by atoms with Crippen LogP contribution in [0.4, 0.5) is 0 Å². The third kappa shape index (κ3) is 3.79. The summed E-state index contributed by atoms with van der Waals surface area (Å²) in [5.41, 5.74) is 1.78. The van der Waals surface area contributed by atoms with Crippen molar-refractivity contribution in [3.63, 3.8) is 0 Å². The minimum atomic E-state index is -0.381. The van der Waals surface area contributed by atoms with Crippen molar-refractivity contribution < 1.29 is 14.4 Å². The molecule has 0 amide bonds. The molecule has 1 fully saturated rings. The smallest absolute Gasteiger partial charge is 0.494 e. The van der Waals surface area contributed by atoms with E-state index in [-0.39, 0.29) is 29.1 Å². The predicted octanol–water partition coefficient (Wildman–Crippen LogP) is 5.17. The summed E-state index contributed by atoms with van der Waals surface area (Å²) in [7, 11) is -0.381. The Labute approximate surface area is 164 Å². The third-order valence-electron chi connectivity index (χ3n) is 4.97. The zero-order valence-corrected chi connectivity index (χ0v) is 16.7. The van der Waals surface area contributed by atoms with Gasteiger partial charge in [-0.2, -0.15) is 0 Å². The fourth-order valence-electron chi connectivity index (χ4n) is 2.64. The topological polar surface area (TPSA) is 38.7 Å². The van der Waals surface area contributed by atoms with Crippen LogP contribution in [-0.4, -0.2) is 23.4 Å². The molecule has 1 aliphatic rings. The van der Waals surface area contributed by atoms with Crippen LogP contribution in [-0.2, 0) is 9.31 Å². The van der Waals surface area contributed by atoms with E-state index in [9.17, 15) is 5.11 Å². The lowest BCUT2D eigenvalue weighted by molar-refractivity contribution is 0.00578. The number of hydrogen-bond acceptors (Lipinski definition) is 3. The summed E-state index contributed by atoms with van der Waals surface area (Å²) in [6, 6.07) is 11.1. The number of hydrogen-bond donors (Lipinski definition) is 1. The highest BCUT2D eigenvalue weighted by Gasteiger charge is 2.51. The van der Waals surface area contributed by atoms with E-state index in [1.807, 2.05) is 58.0 Å². The highest BCUT2D eigenvalue weighted by molar-refractivity contribution is 6.62. The Bertz CT molecular complexity index is 829. The van der Waals surface area contributed by atoms with E-state index < -0.39 is 0 Å². The fraction of sp³-hybridized carbons (Fsp3) is 0.300. The van der Waals surface area contributed by atoms with Gasteiger partial charge in [-0.05, 0) is 50.9 Å². The van der Waals surface area contributed by atoms with E-state index in [4.69, 9.17) is 32.5 Å². The first-order chi connectivity index (χ1) is 12.1. The van der Waals surface area contributed by atoms with Crippen LogP contribution in [0.2, 0.25) is 10.0 Å². The van der Waals surface area contributed by atoms with E-state index in [1.165, 1.54) is 6.07 Å². The minimum Gasteiger partial charge on any atom is -0.506 e. The monoisotopic (exact) mass is 390 g/mol. The van der Waals surface area contributed by atoms with E-state index in [2.05, 4.69) is 0 Å². The highest BCUT2D eigenvalue weighted by atomic mass is 35.5. The Balaban J connectivity index is 1.77. The Morgan fingerprint density at radius 1 is 0.923 bits per heavy atom. The molecular weight excluding hydrogens is 370 g/mol. The maximum Gasteiger partial charge on any atom is 0.494 e. The van der Waals surface area contributed by atoms with Crippen LogP contribution in [0.25, 0.3) is 12.2 Å². The lowest BCUT2D eigenvalue weighted by Gasteiger charge is -2.32. The molecular formula is C20H21BCl2O3. The summed E-state index contributed by atoms with van der Waals surface area (Å²) in [5, 5.41) is 10.7. The number of halogens is 2. The molecule has 0 radical (unpaired) electrons. The molecule has 0 unspecified atom stereocenters. The number of phenols is 1. The van der Waals surface area contributed by atoms with Gasteiger partial charge >= 0.3 is 7.12 Å².